The highest BCUT2D eigenvalue weighted by atomic mass is 32.2. The van der Waals surface area contributed by atoms with E-state index in [9.17, 15) is 13.2 Å². The summed E-state index contributed by atoms with van der Waals surface area (Å²) in [6.45, 7) is 0. The van der Waals surface area contributed by atoms with E-state index in [4.69, 9.17) is 5.73 Å². The average Bonchev–Trinajstić information content (AvgIpc) is 2.72. The highest BCUT2D eigenvalue weighted by molar-refractivity contribution is 7.99. The van der Waals surface area contributed by atoms with Gasteiger partial charge in [0.15, 0.2) is 5.16 Å². The van der Waals surface area contributed by atoms with Gasteiger partial charge in [-0.3, -0.25) is 4.57 Å². The first-order chi connectivity index (χ1) is 9.73. The van der Waals surface area contributed by atoms with Crippen LogP contribution in [-0.4, -0.2) is 41.6 Å². The number of nitrogen functional groups attached to an aromatic ring is 1. The standard InChI is InChI=1S/C11H15N5O3S2/c1-15(2)21(18,19)7-4-5-9(8(12)6-7)20-11-14-13-10(17)16(11)3/h4-6H,12H2,1-3H3,(H,13,17). The number of aromatic nitrogens is 3. The third-order valence-electron chi connectivity index (χ3n) is 2.80. The summed E-state index contributed by atoms with van der Waals surface area (Å²) in [5.74, 6) is 0. The quantitative estimate of drug-likeness (QED) is 0.769. The van der Waals surface area contributed by atoms with E-state index >= 15 is 0 Å². The van der Waals surface area contributed by atoms with Crippen LogP contribution in [0.5, 0.6) is 0 Å². The van der Waals surface area contributed by atoms with Crippen LogP contribution in [0.25, 0.3) is 0 Å². The van der Waals surface area contributed by atoms with Gasteiger partial charge in [0.25, 0.3) is 0 Å². The van der Waals surface area contributed by atoms with Crippen molar-refractivity contribution in [2.45, 2.75) is 14.9 Å². The van der Waals surface area contributed by atoms with E-state index in [2.05, 4.69) is 10.2 Å². The van der Waals surface area contributed by atoms with E-state index in [0.717, 1.165) is 4.31 Å². The Balaban J connectivity index is 2.37. The van der Waals surface area contributed by atoms with E-state index in [1.165, 1.54) is 42.6 Å². The van der Waals surface area contributed by atoms with E-state index in [-0.39, 0.29) is 10.6 Å². The fourth-order valence-corrected chi connectivity index (χ4v) is 3.27. The Hall–Kier alpha value is -1.78. The molecule has 10 heteroatoms. The van der Waals surface area contributed by atoms with Gasteiger partial charge in [0, 0.05) is 31.7 Å². The van der Waals surface area contributed by atoms with Gasteiger partial charge in [-0.15, -0.1) is 5.10 Å². The largest absolute Gasteiger partial charge is 0.398 e. The summed E-state index contributed by atoms with van der Waals surface area (Å²) < 4.78 is 26.5. The fraction of sp³-hybridized carbons (Fsp3) is 0.273. The normalized spacial score (nSPS) is 12.0. The third kappa shape index (κ3) is 2.96. The van der Waals surface area contributed by atoms with Gasteiger partial charge in [0.2, 0.25) is 10.0 Å². The van der Waals surface area contributed by atoms with Gasteiger partial charge < -0.3 is 5.73 Å². The lowest BCUT2D eigenvalue weighted by Gasteiger charge is -2.13. The topological polar surface area (TPSA) is 114 Å². The summed E-state index contributed by atoms with van der Waals surface area (Å²) in [7, 11) is 0.957. The highest BCUT2D eigenvalue weighted by Gasteiger charge is 2.19. The van der Waals surface area contributed by atoms with Crippen LogP contribution >= 0.6 is 11.8 Å². The molecule has 0 aliphatic heterocycles. The second-order valence-electron chi connectivity index (χ2n) is 4.46. The first-order valence-electron chi connectivity index (χ1n) is 5.85. The molecule has 2 rings (SSSR count). The second-order valence-corrected chi connectivity index (χ2v) is 7.62. The first-order valence-corrected chi connectivity index (χ1v) is 8.10. The minimum Gasteiger partial charge on any atom is -0.398 e. The van der Waals surface area contributed by atoms with E-state index in [1.807, 2.05) is 0 Å². The van der Waals surface area contributed by atoms with Crippen LogP contribution in [0.4, 0.5) is 5.69 Å². The second kappa shape index (κ2) is 5.54. The zero-order chi connectivity index (χ0) is 15.8. The predicted octanol–water partition coefficient (Wildman–Crippen LogP) is 0.0921. The lowest BCUT2D eigenvalue weighted by Crippen LogP contribution is -2.22. The van der Waals surface area contributed by atoms with Crippen molar-refractivity contribution in [3.8, 4) is 0 Å². The molecule has 0 aliphatic rings. The number of hydrogen-bond donors (Lipinski definition) is 2. The molecular formula is C11H15N5O3S2. The molecule has 21 heavy (non-hydrogen) atoms. The van der Waals surface area contributed by atoms with E-state index in [1.54, 1.807) is 13.1 Å². The van der Waals surface area contributed by atoms with Gasteiger partial charge in [0.1, 0.15) is 0 Å². The maximum atomic E-state index is 12.0. The number of nitrogens with two attached hydrogens (primary N) is 1. The fourth-order valence-electron chi connectivity index (χ4n) is 1.51. The molecule has 1 heterocycles. The molecule has 0 saturated carbocycles. The number of rotatable bonds is 4. The molecular weight excluding hydrogens is 314 g/mol. The smallest absolute Gasteiger partial charge is 0.343 e. The minimum absolute atomic E-state index is 0.116. The number of sulfonamides is 1. The molecule has 0 amide bonds. The number of H-pyrrole nitrogens is 1. The van der Waals surface area contributed by atoms with Crippen LogP contribution in [0.1, 0.15) is 0 Å². The summed E-state index contributed by atoms with van der Waals surface area (Å²) in [5, 5.41) is 6.62. The van der Waals surface area contributed by atoms with Crippen molar-refractivity contribution in [2.24, 2.45) is 7.05 Å². The first kappa shape index (κ1) is 15.6. The van der Waals surface area contributed by atoms with Crippen molar-refractivity contribution in [3.63, 3.8) is 0 Å². The molecule has 0 fully saturated rings. The van der Waals surface area contributed by atoms with Gasteiger partial charge in [-0.25, -0.2) is 22.6 Å². The number of anilines is 1. The van der Waals surface area contributed by atoms with Crippen molar-refractivity contribution >= 4 is 27.5 Å². The van der Waals surface area contributed by atoms with Gasteiger partial charge in [-0.2, -0.15) is 0 Å². The van der Waals surface area contributed by atoms with Crippen molar-refractivity contribution in [1.29, 1.82) is 0 Å². The maximum Gasteiger partial charge on any atom is 0.343 e. The third-order valence-corrected chi connectivity index (χ3v) is 5.75. The van der Waals surface area contributed by atoms with Crippen LogP contribution < -0.4 is 11.4 Å². The molecule has 8 nitrogen and oxygen atoms in total. The molecule has 0 aliphatic carbocycles. The Labute approximate surface area is 126 Å². The van der Waals surface area contributed by atoms with E-state index < -0.39 is 10.0 Å². The van der Waals surface area contributed by atoms with Crippen LogP contribution in [-0.2, 0) is 17.1 Å². The summed E-state index contributed by atoms with van der Waals surface area (Å²) in [5.41, 5.74) is 5.87. The molecule has 1 aromatic carbocycles. The number of aromatic amines is 1. The lowest BCUT2D eigenvalue weighted by atomic mass is 10.3. The zero-order valence-corrected chi connectivity index (χ0v) is 13.3. The number of nitrogens with zero attached hydrogens (tertiary/aromatic N) is 3. The van der Waals surface area contributed by atoms with Crippen molar-refractivity contribution in [3.05, 3.63) is 28.7 Å². The van der Waals surface area contributed by atoms with Crippen molar-refractivity contribution in [2.75, 3.05) is 19.8 Å². The summed E-state index contributed by atoms with van der Waals surface area (Å²) in [6.07, 6.45) is 0. The minimum atomic E-state index is -3.53. The summed E-state index contributed by atoms with van der Waals surface area (Å²) in [4.78, 5) is 12.0. The molecule has 0 atom stereocenters. The van der Waals surface area contributed by atoms with E-state index in [0.29, 0.717) is 15.7 Å². The number of hydrogen-bond acceptors (Lipinski definition) is 6. The molecule has 0 spiro atoms. The zero-order valence-electron chi connectivity index (χ0n) is 11.7. The summed E-state index contributed by atoms with van der Waals surface area (Å²) >= 11 is 1.18. The Morgan fingerprint density at radius 3 is 2.52 bits per heavy atom. The highest BCUT2D eigenvalue weighted by Crippen LogP contribution is 2.31. The molecule has 0 radical (unpaired) electrons. The Morgan fingerprint density at radius 2 is 2.05 bits per heavy atom. The molecule has 0 unspecified atom stereocenters. The van der Waals surface area contributed by atoms with Gasteiger partial charge in [-0.05, 0) is 30.0 Å². The molecule has 0 bridgehead atoms. The maximum absolute atomic E-state index is 12.0. The lowest BCUT2D eigenvalue weighted by molar-refractivity contribution is 0.520. The van der Waals surface area contributed by atoms with Gasteiger partial charge in [0.05, 0.1) is 4.90 Å². The Bertz CT molecular complexity index is 823. The summed E-state index contributed by atoms with van der Waals surface area (Å²) in [6, 6.07) is 4.46. The van der Waals surface area contributed by atoms with Crippen molar-refractivity contribution in [1.82, 2.24) is 19.1 Å². The SMILES string of the molecule is CN(C)S(=O)(=O)c1ccc(Sc2n[nH]c(=O)n2C)c(N)c1. The molecule has 1 aromatic heterocycles. The Morgan fingerprint density at radius 1 is 1.38 bits per heavy atom. The van der Waals surface area contributed by atoms with Crippen LogP contribution in [0.3, 0.4) is 0 Å². The van der Waals surface area contributed by atoms with Crippen LogP contribution in [0.15, 0.2) is 37.9 Å². The van der Waals surface area contributed by atoms with Crippen LogP contribution in [0.2, 0.25) is 0 Å². The van der Waals surface area contributed by atoms with Crippen LogP contribution in [0, 0.1) is 0 Å². The van der Waals surface area contributed by atoms with Crippen molar-refractivity contribution < 1.29 is 8.42 Å². The molecule has 3 N–H and O–H groups in total. The van der Waals surface area contributed by atoms with Gasteiger partial charge >= 0.3 is 5.69 Å². The average molecular weight is 329 g/mol. The monoisotopic (exact) mass is 329 g/mol. The molecule has 0 saturated heterocycles. The molecule has 2 aromatic rings. The molecule has 114 valence electrons. The Kier molecular flexibility index (Phi) is 4.12. The number of nitrogens with one attached hydrogen (secondary N) is 1. The predicted molar refractivity (Wildman–Crippen MR) is 79.7 cm³/mol. The number of benzene rings is 1. The van der Waals surface area contributed by atoms with Gasteiger partial charge in [-0.1, -0.05) is 0 Å².